The Bertz CT molecular complexity index is 366. The van der Waals surface area contributed by atoms with Gasteiger partial charge in [-0.2, -0.15) is 0 Å². The first-order valence-electron chi connectivity index (χ1n) is 3.92. The molecule has 0 unspecified atom stereocenters. The Kier molecular flexibility index (Phi) is 2.81. The lowest BCUT2D eigenvalue weighted by molar-refractivity contribution is -0.124. The summed E-state index contributed by atoms with van der Waals surface area (Å²) in [7, 11) is 0. The first kappa shape index (κ1) is 10.2. The predicted molar refractivity (Wildman–Crippen MR) is 47.9 cm³/mol. The monoisotopic (exact) mass is 195 g/mol. The molecule has 0 radical (unpaired) electrons. The Labute approximate surface area is 80.3 Å². The molecule has 0 aliphatic rings. The van der Waals surface area contributed by atoms with Crippen molar-refractivity contribution in [1.29, 1.82) is 0 Å². The van der Waals surface area contributed by atoms with Crippen molar-refractivity contribution in [2.24, 2.45) is 0 Å². The van der Waals surface area contributed by atoms with Crippen LogP contribution in [0.25, 0.3) is 0 Å². The van der Waals surface area contributed by atoms with Crippen LogP contribution < -0.4 is 4.90 Å². The molecule has 0 bridgehead atoms. The molecule has 1 rings (SSSR count). The summed E-state index contributed by atoms with van der Waals surface area (Å²) in [6.45, 7) is 2.48. The summed E-state index contributed by atoms with van der Waals surface area (Å²) < 4.78 is 4.93. The molecule has 5 heteroatoms. The van der Waals surface area contributed by atoms with Crippen LogP contribution in [-0.2, 0) is 9.59 Å². The number of aldehydes is 1. The lowest BCUT2D eigenvalue weighted by Gasteiger charge is -2.12. The molecule has 0 atom stereocenters. The number of anilines is 1. The zero-order valence-corrected chi connectivity index (χ0v) is 7.81. The van der Waals surface area contributed by atoms with E-state index in [1.54, 1.807) is 0 Å². The number of carbonyl (C=O) groups excluding carboxylic acids is 3. The number of hydrogen-bond acceptors (Lipinski definition) is 4. The van der Waals surface area contributed by atoms with E-state index in [1.165, 1.54) is 26.0 Å². The molecular weight excluding hydrogens is 186 g/mol. The largest absolute Gasteiger partial charge is 0.437 e. The number of imide groups is 1. The quantitative estimate of drug-likeness (QED) is 0.660. The van der Waals surface area contributed by atoms with Crippen molar-refractivity contribution in [3.05, 3.63) is 17.9 Å². The predicted octanol–water partition coefficient (Wildman–Crippen LogP) is 0.992. The number of rotatable bonds is 2. The van der Waals surface area contributed by atoms with Gasteiger partial charge in [0, 0.05) is 19.9 Å². The second-order valence-corrected chi connectivity index (χ2v) is 2.67. The lowest BCUT2D eigenvalue weighted by atomic mass is 10.4. The number of carbonyl (C=O) groups is 3. The Morgan fingerprint density at radius 3 is 2.21 bits per heavy atom. The zero-order valence-electron chi connectivity index (χ0n) is 7.81. The minimum atomic E-state index is -0.454. The third kappa shape index (κ3) is 1.87. The van der Waals surface area contributed by atoms with Crippen LogP contribution in [-0.4, -0.2) is 18.1 Å². The Morgan fingerprint density at radius 1 is 1.29 bits per heavy atom. The highest BCUT2D eigenvalue weighted by atomic mass is 16.4. The third-order valence-electron chi connectivity index (χ3n) is 1.58. The highest BCUT2D eigenvalue weighted by Crippen LogP contribution is 2.17. The van der Waals surface area contributed by atoms with Crippen molar-refractivity contribution in [3.8, 4) is 0 Å². The van der Waals surface area contributed by atoms with Gasteiger partial charge in [-0.1, -0.05) is 0 Å². The van der Waals surface area contributed by atoms with E-state index in [0.717, 1.165) is 4.90 Å². The number of furan rings is 1. The second-order valence-electron chi connectivity index (χ2n) is 2.67. The zero-order chi connectivity index (χ0) is 10.7. The summed E-state index contributed by atoms with van der Waals surface area (Å²) in [5.74, 6) is -0.770. The van der Waals surface area contributed by atoms with Crippen LogP contribution in [0.1, 0.15) is 24.4 Å². The van der Waals surface area contributed by atoms with E-state index in [9.17, 15) is 14.4 Å². The van der Waals surface area contributed by atoms with Gasteiger partial charge in [0.25, 0.3) is 0 Å². The Balaban J connectivity index is 3.05. The van der Waals surface area contributed by atoms with Crippen LogP contribution in [0.2, 0.25) is 0 Å². The van der Waals surface area contributed by atoms with Gasteiger partial charge in [-0.25, -0.2) is 4.90 Å². The van der Waals surface area contributed by atoms with Crippen LogP contribution in [0.4, 0.5) is 5.88 Å². The van der Waals surface area contributed by atoms with Crippen molar-refractivity contribution in [2.45, 2.75) is 13.8 Å². The number of nitrogens with zero attached hydrogens (tertiary/aromatic N) is 1. The molecule has 0 saturated heterocycles. The fourth-order valence-corrected chi connectivity index (χ4v) is 1.06. The minimum Gasteiger partial charge on any atom is -0.437 e. The van der Waals surface area contributed by atoms with Crippen molar-refractivity contribution in [1.82, 2.24) is 0 Å². The Morgan fingerprint density at radius 2 is 1.86 bits per heavy atom. The molecule has 5 nitrogen and oxygen atoms in total. The number of amides is 2. The minimum absolute atomic E-state index is 0.0621. The molecule has 0 fully saturated rings. The first-order chi connectivity index (χ1) is 6.56. The molecule has 14 heavy (non-hydrogen) atoms. The molecule has 1 heterocycles. The highest BCUT2D eigenvalue weighted by molar-refractivity contribution is 6.12. The average Bonchev–Trinajstić information content (AvgIpc) is 2.51. The lowest BCUT2D eigenvalue weighted by Crippen LogP contribution is -2.32. The van der Waals surface area contributed by atoms with Crippen LogP contribution in [0.3, 0.4) is 0 Å². The highest BCUT2D eigenvalue weighted by Gasteiger charge is 2.19. The van der Waals surface area contributed by atoms with E-state index in [4.69, 9.17) is 4.42 Å². The van der Waals surface area contributed by atoms with Gasteiger partial charge in [0.2, 0.25) is 17.7 Å². The average molecular weight is 195 g/mol. The van der Waals surface area contributed by atoms with E-state index < -0.39 is 11.8 Å². The maximum absolute atomic E-state index is 11.0. The molecule has 1 aromatic heterocycles. The maximum atomic E-state index is 11.0. The summed E-state index contributed by atoms with van der Waals surface area (Å²) in [6, 6.07) is 2.79. The van der Waals surface area contributed by atoms with E-state index in [1.807, 2.05) is 0 Å². The Hall–Kier alpha value is -1.91. The fourth-order valence-electron chi connectivity index (χ4n) is 1.06. The molecule has 0 spiro atoms. The van der Waals surface area contributed by atoms with Crippen LogP contribution in [0, 0.1) is 0 Å². The maximum Gasteiger partial charge on any atom is 0.233 e. The molecule has 1 aromatic rings. The summed E-state index contributed by atoms with van der Waals surface area (Å²) in [5, 5.41) is 0. The topological polar surface area (TPSA) is 67.6 Å². The molecule has 74 valence electrons. The molecule has 0 saturated carbocycles. The molecule has 0 aromatic carbocycles. The first-order valence-corrected chi connectivity index (χ1v) is 3.92. The summed E-state index contributed by atoms with van der Waals surface area (Å²) in [5.41, 5.74) is 0. The van der Waals surface area contributed by atoms with Crippen molar-refractivity contribution < 1.29 is 18.8 Å². The molecular formula is C9H9NO4. The molecule has 2 amide bonds. The normalized spacial score (nSPS) is 9.57. The smallest absolute Gasteiger partial charge is 0.233 e. The standard InChI is InChI=1S/C9H9NO4/c1-6(12)10(7(2)13)9-4-3-8(5-11)14-9/h3-5H,1-2H3. The van der Waals surface area contributed by atoms with Gasteiger partial charge < -0.3 is 4.42 Å². The van der Waals surface area contributed by atoms with Gasteiger partial charge in [0.05, 0.1) is 0 Å². The second kappa shape index (κ2) is 3.87. The van der Waals surface area contributed by atoms with Crippen molar-refractivity contribution in [2.75, 3.05) is 4.90 Å². The van der Waals surface area contributed by atoms with E-state index >= 15 is 0 Å². The van der Waals surface area contributed by atoms with Crippen molar-refractivity contribution >= 4 is 24.0 Å². The summed E-state index contributed by atoms with van der Waals surface area (Å²) in [4.78, 5) is 33.2. The molecule has 0 aliphatic heterocycles. The van der Waals surface area contributed by atoms with Crippen LogP contribution in [0.5, 0.6) is 0 Å². The van der Waals surface area contributed by atoms with E-state index in [2.05, 4.69) is 0 Å². The molecule has 0 aliphatic carbocycles. The third-order valence-corrected chi connectivity index (χ3v) is 1.58. The number of hydrogen-bond donors (Lipinski definition) is 0. The van der Waals surface area contributed by atoms with Gasteiger partial charge >= 0.3 is 0 Å². The summed E-state index contributed by atoms with van der Waals surface area (Å²) in [6.07, 6.45) is 0.502. The van der Waals surface area contributed by atoms with E-state index in [0.29, 0.717) is 6.29 Å². The van der Waals surface area contributed by atoms with Crippen molar-refractivity contribution in [3.63, 3.8) is 0 Å². The molecule has 0 N–H and O–H groups in total. The van der Waals surface area contributed by atoms with Gasteiger partial charge in [-0.05, 0) is 6.07 Å². The van der Waals surface area contributed by atoms with Crippen LogP contribution >= 0.6 is 0 Å². The van der Waals surface area contributed by atoms with Gasteiger partial charge in [0.1, 0.15) is 0 Å². The SMILES string of the molecule is CC(=O)N(C(C)=O)c1ccc(C=O)o1. The van der Waals surface area contributed by atoms with Gasteiger partial charge in [-0.3, -0.25) is 14.4 Å². The summed E-state index contributed by atoms with van der Waals surface area (Å²) >= 11 is 0. The van der Waals surface area contributed by atoms with Gasteiger partial charge in [-0.15, -0.1) is 0 Å². The van der Waals surface area contributed by atoms with Gasteiger partial charge in [0.15, 0.2) is 12.0 Å². The fraction of sp³-hybridized carbons (Fsp3) is 0.222. The van der Waals surface area contributed by atoms with Crippen LogP contribution in [0.15, 0.2) is 16.5 Å². The van der Waals surface area contributed by atoms with E-state index in [-0.39, 0.29) is 11.6 Å².